The van der Waals surface area contributed by atoms with Crippen LogP contribution < -0.4 is 14.4 Å². The molecule has 0 spiro atoms. The molecule has 2 saturated heterocycles. The first-order valence-corrected chi connectivity index (χ1v) is 11.2. The summed E-state index contributed by atoms with van der Waals surface area (Å²) in [7, 11) is -3.05. The lowest BCUT2D eigenvalue weighted by atomic mass is 10.2. The molecule has 2 aliphatic heterocycles. The Morgan fingerprint density at radius 2 is 1.88 bits per heavy atom. The Kier molecular flexibility index (Phi) is 5.04. The Morgan fingerprint density at radius 1 is 1.25 bits per heavy atom. The first-order chi connectivity index (χ1) is 11.4. The minimum absolute atomic E-state index is 0.0800. The smallest absolute Gasteiger partial charge is 0.163 e. The monoisotopic (exact) mass is 434 g/mol. The van der Waals surface area contributed by atoms with Gasteiger partial charge in [0.05, 0.1) is 36.4 Å². The molecule has 3 rings (SSSR count). The van der Waals surface area contributed by atoms with Gasteiger partial charge in [-0.25, -0.2) is 8.42 Å². The number of benzene rings is 1. The Balaban J connectivity index is 2.01. The van der Waals surface area contributed by atoms with Gasteiger partial charge in [-0.2, -0.15) is 0 Å². The van der Waals surface area contributed by atoms with Gasteiger partial charge in [-0.15, -0.1) is 0 Å². The van der Waals surface area contributed by atoms with E-state index in [0.29, 0.717) is 29.9 Å². The molecule has 9 heteroatoms. The molecule has 1 N–H and O–H groups in total. The number of ether oxygens (including phenoxy) is 2. The molecule has 1 aromatic rings. The average molecular weight is 435 g/mol. The molecule has 24 heavy (non-hydrogen) atoms. The molecule has 0 bridgehead atoms. The van der Waals surface area contributed by atoms with Crippen molar-refractivity contribution in [1.82, 2.24) is 0 Å². The van der Waals surface area contributed by atoms with Crippen molar-refractivity contribution in [2.75, 3.05) is 29.6 Å². The molecule has 1 aromatic carbocycles. The van der Waals surface area contributed by atoms with E-state index in [1.165, 1.54) is 11.8 Å². The summed E-state index contributed by atoms with van der Waals surface area (Å²) in [4.78, 5) is 1.79. The summed E-state index contributed by atoms with van der Waals surface area (Å²) >= 11 is 4.85. The third-order valence-electron chi connectivity index (χ3n) is 3.96. The van der Waals surface area contributed by atoms with Crippen molar-refractivity contribution >= 4 is 48.4 Å². The normalized spacial score (nSPS) is 25.0. The number of halogens is 1. The molecule has 2 fully saturated rings. The van der Waals surface area contributed by atoms with Gasteiger partial charge in [0.15, 0.2) is 26.5 Å². The average Bonchev–Trinajstić information content (AvgIpc) is 2.93. The summed E-state index contributed by atoms with van der Waals surface area (Å²) in [6, 6.07) is 3.43. The van der Waals surface area contributed by atoms with Crippen molar-refractivity contribution < 1.29 is 17.9 Å². The van der Waals surface area contributed by atoms with Crippen LogP contribution in [0.25, 0.3) is 0 Å². The third-order valence-corrected chi connectivity index (χ3v) is 7.72. The van der Waals surface area contributed by atoms with Crippen LogP contribution in [0.3, 0.4) is 0 Å². The van der Waals surface area contributed by atoms with E-state index < -0.39 is 9.84 Å². The summed E-state index contributed by atoms with van der Waals surface area (Å²) in [5.41, 5.74) is 0.740. The number of nitrogens with one attached hydrogen (secondary N) is 1. The van der Waals surface area contributed by atoms with Crippen molar-refractivity contribution in [1.29, 1.82) is 5.41 Å². The van der Waals surface area contributed by atoms with Crippen molar-refractivity contribution in [3.05, 3.63) is 16.6 Å². The summed E-state index contributed by atoms with van der Waals surface area (Å²) in [5.74, 6) is 1.44. The van der Waals surface area contributed by atoms with Crippen molar-refractivity contribution in [3.63, 3.8) is 0 Å². The van der Waals surface area contributed by atoms with Crippen molar-refractivity contribution in [3.8, 4) is 11.5 Å². The van der Waals surface area contributed by atoms with Gasteiger partial charge >= 0.3 is 0 Å². The van der Waals surface area contributed by atoms with Gasteiger partial charge < -0.3 is 14.4 Å². The third kappa shape index (κ3) is 3.25. The van der Waals surface area contributed by atoms with E-state index in [9.17, 15) is 8.42 Å². The van der Waals surface area contributed by atoms with Gasteiger partial charge in [0.1, 0.15) is 0 Å². The maximum atomic E-state index is 12.0. The van der Waals surface area contributed by atoms with Crippen LogP contribution in [-0.4, -0.2) is 49.6 Å². The van der Waals surface area contributed by atoms with Gasteiger partial charge in [-0.1, -0.05) is 11.8 Å². The van der Waals surface area contributed by atoms with E-state index in [4.69, 9.17) is 14.9 Å². The number of thioether (sulfide) groups is 1. The molecule has 2 heterocycles. The van der Waals surface area contributed by atoms with Gasteiger partial charge in [0, 0.05) is 21.9 Å². The van der Waals surface area contributed by atoms with Crippen LogP contribution in [-0.2, 0) is 9.84 Å². The molecule has 6 nitrogen and oxygen atoms in total. The number of sulfone groups is 1. The van der Waals surface area contributed by atoms with E-state index in [0.717, 1.165) is 10.2 Å². The largest absolute Gasteiger partial charge is 0.490 e. The molecular formula is C15H19BrN2O4S2. The summed E-state index contributed by atoms with van der Waals surface area (Å²) in [6.07, 6.45) is 0. The standard InChI is InChI=1S/C15H19BrN2O4S2/c1-3-21-12-5-9(16)10(6-13(12)22-4-2)18-11-7-24(19,20)8-14(11)23-15(18)17/h5-6,11,14,17H,3-4,7-8H2,1-2H3/t11-,14-/m0/s1. The number of anilines is 1. The highest BCUT2D eigenvalue weighted by Gasteiger charge is 2.49. The van der Waals surface area contributed by atoms with Gasteiger partial charge in [0.2, 0.25) is 0 Å². The molecule has 132 valence electrons. The molecule has 0 aliphatic carbocycles. The predicted molar refractivity (Wildman–Crippen MR) is 101 cm³/mol. The van der Waals surface area contributed by atoms with Crippen LogP contribution in [0.5, 0.6) is 11.5 Å². The van der Waals surface area contributed by atoms with Gasteiger partial charge in [-0.3, -0.25) is 5.41 Å². The van der Waals surface area contributed by atoms with Crippen molar-refractivity contribution in [2.24, 2.45) is 0 Å². The number of hydrogen-bond acceptors (Lipinski definition) is 6. The molecule has 2 aliphatic rings. The zero-order valence-electron chi connectivity index (χ0n) is 13.4. The highest BCUT2D eigenvalue weighted by Crippen LogP contribution is 2.45. The maximum absolute atomic E-state index is 12.0. The second-order valence-electron chi connectivity index (χ2n) is 5.59. The minimum Gasteiger partial charge on any atom is -0.490 e. The lowest BCUT2D eigenvalue weighted by molar-refractivity contribution is 0.287. The van der Waals surface area contributed by atoms with E-state index in [2.05, 4.69) is 15.9 Å². The zero-order chi connectivity index (χ0) is 17.5. The fraction of sp³-hybridized carbons (Fsp3) is 0.533. The van der Waals surface area contributed by atoms with Crippen LogP contribution in [0.2, 0.25) is 0 Å². The van der Waals surface area contributed by atoms with Gasteiger partial charge in [-0.05, 0) is 29.8 Å². The molecule has 0 amide bonds. The van der Waals surface area contributed by atoms with E-state index in [1.807, 2.05) is 26.0 Å². The van der Waals surface area contributed by atoms with Crippen LogP contribution >= 0.6 is 27.7 Å². The number of hydrogen-bond donors (Lipinski definition) is 1. The second-order valence-corrected chi connectivity index (χ2v) is 9.83. The van der Waals surface area contributed by atoms with Crippen LogP contribution in [0, 0.1) is 5.41 Å². The molecular weight excluding hydrogens is 416 g/mol. The molecule has 0 unspecified atom stereocenters. The van der Waals surface area contributed by atoms with E-state index in [-0.39, 0.29) is 22.8 Å². The summed E-state index contributed by atoms with van der Waals surface area (Å²) in [5, 5.41) is 8.56. The topological polar surface area (TPSA) is 79.7 Å². The van der Waals surface area contributed by atoms with Gasteiger partial charge in [0.25, 0.3) is 0 Å². The number of rotatable bonds is 5. The highest BCUT2D eigenvalue weighted by molar-refractivity contribution is 9.10. The summed E-state index contributed by atoms with van der Waals surface area (Å²) in [6.45, 7) is 4.81. The fourth-order valence-corrected chi connectivity index (χ4v) is 7.33. The number of amidine groups is 1. The lowest BCUT2D eigenvalue weighted by Crippen LogP contribution is -2.37. The van der Waals surface area contributed by atoms with Crippen LogP contribution in [0.1, 0.15) is 13.8 Å². The molecule has 0 radical (unpaired) electrons. The molecule has 2 atom stereocenters. The number of fused-ring (bicyclic) bond motifs is 1. The Labute approximate surface area is 154 Å². The van der Waals surface area contributed by atoms with Crippen LogP contribution in [0.15, 0.2) is 16.6 Å². The zero-order valence-corrected chi connectivity index (χ0v) is 16.6. The van der Waals surface area contributed by atoms with E-state index >= 15 is 0 Å². The molecule has 0 aromatic heterocycles. The SMILES string of the molecule is CCOc1cc(Br)c(N2C(=N)S[C@H]3CS(=O)(=O)C[C@@H]32)cc1OCC. The predicted octanol–water partition coefficient (Wildman–Crippen LogP) is 2.90. The Morgan fingerprint density at radius 3 is 2.50 bits per heavy atom. The lowest BCUT2D eigenvalue weighted by Gasteiger charge is -2.26. The second kappa shape index (κ2) is 6.76. The Bertz CT molecular complexity index is 769. The number of nitrogens with zero attached hydrogens (tertiary/aromatic N) is 1. The molecule has 0 saturated carbocycles. The fourth-order valence-electron chi connectivity index (χ4n) is 3.03. The first kappa shape index (κ1) is 17.9. The summed E-state index contributed by atoms with van der Waals surface area (Å²) < 4.78 is 35.9. The van der Waals surface area contributed by atoms with Crippen LogP contribution in [0.4, 0.5) is 5.69 Å². The van der Waals surface area contributed by atoms with E-state index in [1.54, 1.807) is 4.90 Å². The maximum Gasteiger partial charge on any atom is 0.163 e. The highest BCUT2D eigenvalue weighted by atomic mass is 79.9. The Hall–Kier alpha value is -0.930. The van der Waals surface area contributed by atoms with Crippen molar-refractivity contribution in [2.45, 2.75) is 25.1 Å². The first-order valence-electron chi connectivity index (χ1n) is 7.70. The quantitative estimate of drug-likeness (QED) is 0.766. The minimum atomic E-state index is -3.05.